The molecule has 1 fully saturated rings. The lowest BCUT2D eigenvalue weighted by Crippen LogP contribution is -2.37. The number of esters is 1. The SMILES string of the molecule is CCOC(=O)C(c1ccccc1)N(C)CCN1CCCC1. The molecule has 0 N–H and O–H groups in total. The molecule has 116 valence electrons. The molecule has 4 nitrogen and oxygen atoms in total. The Morgan fingerprint density at radius 1 is 1.29 bits per heavy atom. The summed E-state index contributed by atoms with van der Waals surface area (Å²) in [5, 5.41) is 0. The van der Waals surface area contributed by atoms with E-state index in [4.69, 9.17) is 4.74 Å². The summed E-state index contributed by atoms with van der Waals surface area (Å²) in [5.41, 5.74) is 1.000. The standard InChI is InChI=1S/C17H26N2O2/c1-3-21-17(20)16(15-9-5-4-6-10-15)18(2)13-14-19-11-7-8-12-19/h4-6,9-10,16H,3,7-8,11-14H2,1-2H3. The molecule has 1 aliphatic heterocycles. The van der Waals surface area contributed by atoms with E-state index in [1.807, 2.05) is 44.3 Å². The van der Waals surface area contributed by atoms with Crippen LogP contribution in [0.1, 0.15) is 31.4 Å². The molecule has 1 atom stereocenters. The van der Waals surface area contributed by atoms with Crippen LogP contribution in [0.25, 0.3) is 0 Å². The molecule has 0 spiro atoms. The minimum atomic E-state index is -0.311. The molecule has 0 amide bonds. The van der Waals surface area contributed by atoms with Gasteiger partial charge in [-0.05, 0) is 45.5 Å². The second kappa shape index (κ2) is 8.15. The van der Waals surface area contributed by atoms with Crippen LogP contribution in [0.3, 0.4) is 0 Å². The molecule has 0 aromatic heterocycles. The number of benzene rings is 1. The molecule has 1 saturated heterocycles. The predicted octanol–water partition coefficient (Wildman–Crippen LogP) is 2.32. The van der Waals surface area contributed by atoms with Crippen LogP contribution >= 0.6 is 0 Å². The number of rotatable bonds is 7. The molecule has 2 rings (SSSR count). The maximum absolute atomic E-state index is 12.3. The third-order valence-corrected chi connectivity index (χ3v) is 4.03. The first-order chi connectivity index (χ1) is 10.2. The largest absolute Gasteiger partial charge is 0.465 e. The molecule has 4 heteroatoms. The van der Waals surface area contributed by atoms with Gasteiger partial charge in [0, 0.05) is 13.1 Å². The van der Waals surface area contributed by atoms with Crippen molar-refractivity contribution in [2.45, 2.75) is 25.8 Å². The number of carbonyl (C=O) groups is 1. The molecular formula is C17H26N2O2. The first-order valence-electron chi connectivity index (χ1n) is 7.86. The van der Waals surface area contributed by atoms with Gasteiger partial charge >= 0.3 is 5.97 Å². The number of ether oxygens (including phenoxy) is 1. The van der Waals surface area contributed by atoms with E-state index < -0.39 is 0 Å². The van der Waals surface area contributed by atoms with Crippen LogP contribution in [0.5, 0.6) is 0 Å². The smallest absolute Gasteiger partial charge is 0.327 e. The first-order valence-corrected chi connectivity index (χ1v) is 7.86. The quantitative estimate of drug-likeness (QED) is 0.722. The number of hydrogen-bond donors (Lipinski definition) is 0. The zero-order valence-corrected chi connectivity index (χ0v) is 13.1. The number of hydrogen-bond acceptors (Lipinski definition) is 4. The molecule has 1 heterocycles. The van der Waals surface area contributed by atoms with Crippen molar-refractivity contribution >= 4 is 5.97 Å². The molecule has 0 radical (unpaired) electrons. The maximum Gasteiger partial charge on any atom is 0.327 e. The normalized spacial score (nSPS) is 17.1. The summed E-state index contributed by atoms with van der Waals surface area (Å²) < 4.78 is 5.26. The zero-order chi connectivity index (χ0) is 15.1. The maximum atomic E-state index is 12.3. The van der Waals surface area contributed by atoms with Crippen LogP contribution in [0.2, 0.25) is 0 Å². The van der Waals surface area contributed by atoms with Gasteiger partial charge in [0.05, 0.1) is 6.61 Å². The minimum absolute atomic E-state index is 0.160. The summed E-state index contributed by atoms with van der Waals surface area (Å²) in [6, 6.07) is 9.58. The monoisotopic (exact) mass is 290 g/mol. The van der Waals surface area contributed by atoms with Crippen LogP contribution in [0.15, 0.2) is 30.3 Å². The third-order valence-electron chi connectivity index (χ3n) is 4.03. The molecule has 1 unspecified atom stereocenters. The highest BCUT2D eigenvalue weighted by Gasteiger charge is 2.26. The Bertz CT molecular complexity index is 430. The summed E-state index contributed by atoms with van der Waals surface area (Å²) in [4.78, 5) is 16.9. The van der Waals surface area contributed by atoms with Gasteiger partial charge in [0.25, 0.3) is 0 Å². The van der Waals surface area contributed by atoms with Crippen molar-refractivity contribution in [3.63, 3.8) is 0 Å². The fourth-order valence-corrected chi connectivity index (χ4v) is 2.86. The van der Waals surface area contributed by atoms with E-state index >= 15 is 0 Å². The van der Waals surface area contributed by atoms with Crippen molar-refractivity contribution < 1.29 is 9.53 Å². The van der Waals surface area contributed by atoms with Crippen LogP contribution in [0.4, 0.5) is 0 Å². The van der Waals surface area contributed by atoms with Crippen LogP contribution in [0, 0.1) is 0 Å². The number of nitrogens with zero attached hydrogens (tertiary/aromatic N) is 2. The predicted molar refractivity (Wildman–Crippen MR) is 84.1 cm³/mol. The lowest BCUT2D eigenvalue weighted by atomic mass is 10.1. The second-order valence-corrected chi connectivity index (χ2v) is 5.59. The Morgan fingerprint density at radius 3 is 2.57 bits per heavy atom. The average Bonchev–Trinajstić information content (AvgIpc) is 3.00. The van der Waals surface area contributed by atoms with Crippen molar-refractivity contribution in [3.05, 3.63) is 35.9 Å². The molecule has 0 aliphatic carbocycles. The fourth-order valence-electron chi connectivity index (χ4n) is 2.86. The van der Waals surface area contributed by atoms with E-state index in [0.29, 0.717) is 6.61 Å². The molecule has 1 aromatic rings. The first kappa shape index (κ1) is 16.0. The van der Waals surface area contributed by atoms with E-state index in [1.165, 1.54) is 25.9 Å². The highest BCUT2D eigenvalue weighted by Crippen LogP contribution is 2.21. The van der Waals surface area contributed by atoms with Gasteiger partial charge in [-0.1, -0.05) is 30.3 Å². The third kappa shape index (κ3) is 4.55. The summed E-state index contributed by atoms with van der Waals surface area (Å²) >= 11 is 0. The zero-order valence-electron chi connectivity index (χ0n) is 13.1. The molecule has 0 bridgehead atoms. The van der Waals surface area contributed by atoms with Gasteiger partial charge in [0.2, 0.25) is 0 Å². The van der Waals surface area contributed by atoms with E-state index in [9.17, 15) is 4.79 Å². The van der Waals surface area contributed by atoms with Crippen LogP contribution in [-0.2, 0) is 9.53 Å². The lowest BCUT2D eigenvalue weighted by Gasteiger charge is -2.28. The summed E-state index contributed by atoms with van der Waals surface area (Å²) in [7, 11) is 2.00. The number of likely N-dealkylation sites (N-methyl/N-ethyl adjacent to an activating group) is 1. The summed E-state index contributed by atoms with van der Waals surface area (Å²) in [6.07, 6.45) is 2.59. The van der Waals surface area contributed by atoms with Gasteiger partial charge in [-0.15, -0.1) is 0 Å². The number of carbonyl (C=O) groups excluding carboxylic acids is 1. The second-order valence-electron chi connectivity index (χ2n) is 5.59. The molecule has 1 aliphatic rings. The van der Waals surface area contributed by atoms with Gasteiger partial charge in [0.15, 0.2) is 0 Å². The summed E-state index contributed by atoms with van der Waals surface area (Å²) in [6.45, 7) is 6.52. The van der Waals surface area contributed by atoms with Gasteiger partial charge in [0.1, 0.15) is 6.04 Å². The highest BCUT2D eigenvalue weighted by molar-refractivity contribution is 5.77. The van der Waals surface area contributed by atoms with E-state index in [2.05, 4.69) is 9.80 Å². The lowest BCUT2D eigenvalue weighted by molar-refractivity contribution is -0.149. The molecule has 21 heavy (non-hydrogen) atoms. The van der Waals surface area contributed by atoms with Crippen molar-refractivity contribution in [1.29, 1.82) is 0 Å². The Balaban J connectivity index is 2.01. The number of likely N-dealkylation sites (tertiary alicyclic amines) is 1. The van der Waals surface area contributed by atoms with Crippen molar-refractivity contribution in [1.82, 2.24) is 9.80 Å². The van der Waals surface area contributed by atoms with E-state index in [1.54, 1.807) is 0 Å². The molecule has 1 aromatic carbocycles. The fraction of sp³-hybridized carbons (Fsp3) is 0.588. The van der Waals surface area contributed by atoms with Crippen molar-refractivity contribution in [2.24, 2.45) is 0 Å². The topological polar surface area (TPSA) is 32.8 Å². The van der Waals surface area contributed by atoms with Gasteiger partial charge in [-0.25, -0.2) is 4.79 Å². The Morgan fingerprint density at radius 2 is 1.95 bits per heavy atom. The summed E-state index contributed by atoms with van der Waals surface area (Å²) in [5.74, 6) is -0.160. The molecule has 0 saturated carbocycles. The minimum Gasteiger partial charge on any atom is -0.465 e. The van der Waals surface area contributed by atoms with E-state index in [-0.39, 0.29) is 12.0 Å². The van der Waals surface area contributed by atoms with Crippen LogP contribution < -0.4 is 0 Å². The van der Waals surface area contributed by atoms with Crippen LogP contribution in [-0.4, -0.2) is 55.6 Å². The van der Waals surface area contributed by atoms with Crippen molar-refractivity contribution in [3.8, 4) is 0 Å². The average molecular weight is 290 g/mol. The van der Waals surface area contributed by atoms with Crippen molar-refractivity contribution in [2.75, 3.05) is 39.8 Å². The highest BCUT2D eigenvalue weighted by atomic mass is 16.5. The van der Waals surface area contributed by atoms with E-state index in [0.717, 1.165) is 18.7 Å². The molecular weight excluding hydrogens is 264 g/mol. The Hall–Kier alpha value is -1.39. The van der Waals surface area contributed by atoms with Gasteiger partial charge in [-0.3, -0.25) is 4.90 Å². The van der Waals surface area contributed by atoms with Gasteiger partial charge in [-0.2, -0.15) is 0 Å². The van der Waals surface area contributed by atoms with Gasteiger partial charge < -0.3 is 9.64 Å². The Labute approximate surface area is 127 Å². The Kier molecular flexibility index (Phi) is 6.21.